The van der Waals surface area contributed by atoms with Crippen molar-refractivity contribution in [2.24, 2.45) is 0 Å². The number of carbonyl (C=O) groups is 2. The number of aromatic nitrogens is 1. The molecule has 0 bridgehead atoms. The average Bonchev–Trinajstić information content (AvgIpc) is 3.29. The van der Waals surface area contributed by atoms with Gasteiger partial charge in [0.1, 0.15) is 5.82 Å². The minimum Gasteiger partial charge on any atom is -0.371 e. The third-order valence-corrected chi connectivity index (χ3v) is 7.59. The van der Waals surface area contributed by atoms with Gasteiger partial charge in [0.2, 0.25) is 0 Å². The smallest absolute Gasteiger partial charge is 0.256 e. The second kappa shape index (κ2) is 10.1. The van der Waals surface area contributed by atoms with E-state index in [4.69, 9.17) is 0 Å². The summed E-state index contributed by atoms with van der Waals surface area (Å²) in [4.78, 5) is 34.1. The SMILES string of the molecule is Cc1ccccc1C(=O)N[C@@H]1CCc2cc(C(=O)N(C)C3CCN(c4ccncc4)CC3)c(F)cc21. The Balaban J connectivity index is 1.26. The highest BCUT2D eigenvalue weighted by Crippen LogP contribution is 2.34. The first-order valence-electron chi connectivity index (χ1n) is 12.5. The van der Waals surface area contributed by atoms with Gasteiger partial charge in [-0.1, -0.05) is 18.2 Å². The number of piperidine rings is 1. The van der Waals surface area contributed by atoms with Gasteiger partial charge in [0.25, 0.3) is 11.8 Å². The number of amides is 2. The summed E-state index contributed by atoms with van der Waals surface area (Å²) in [5, 5.41) is 3.05. The number of hydrogen-bond acceptors (Lipinski definition) is 4. The molecule has 2 heterocycles. The van der Waals surface area contributed by atoms with Crippen molar-refractivity contribution in [1.29, 1.82) is 0 Å². The van der Waals surface area contributed by atoms with E-state index in [2.05, 4.69) is 15.2 Å². The number of aryl methyl sites for hydroxylation is 2. The molecule has 2 amide bonds. The van der Waals surface area contributed by atoms with Gasteiger partial charge < -0.3 is 15.1 Å². The third kappa shape index (κ3) is 4.70. The van der Waals surface area contributed by atoms with Crippen molar-refractivity contribution in [3.63, 3.8) is 0 Å². The van der Waals surface area contributed by atoms with Crippen LogP contribution in [0.2, 0.25) is 0 Å². The molecule has 36 heavy (non-hydrogen) atoms. The number of nitrogens with one attached hydrogen (secondary N) is 1. The Kier molecular flexibility index (Phi) is 6.72. The Hall–Kier alpha value is -3.74. The molecular formula is C29H31FN4O2. The van der Waals surface area contributed by atoms with E-state index in [1.54, 1.807) is 36.5 Å². The zero-order valence-electron chi connectivity index (χ0n) is 20.7. The molecule has 2 aliphatic rings. The minimum atomic E-state index is -0.531. The summed E-state index contributed by atoms with van der Waals surface area (Å²) in [6.07, 6.45) is 6.60. The van der Waals surface area contributed by atoms with Gasteiger partial charge in [0, 0.05) is 49.8 Å². The molecule has 0 radical (unpaired) electrons. The van der Waals surface area contributed by atoms with Gasteiger partial charge in [-0.15, -0.1) is 0 Å². The molecule has 1 atom stereocenters. The van der Waals surface area contributed by atoms with Crippen LogP contribution in [-0.2, 0) is 6.42 Å². The Morgan fingerprint density at radius 2 is 1.75 bits per heavy atom. The summed E-state index contributed by atoms with van der Waals surface area (Å²) < 4.78 is 15.2. The number of carbonyl (C=O) groups excluding carboxylic acids is 2. The van der Waals surface area contributed by atoms with E-state index in [1.165, 1.54) is 6.07 Å². The number of fused-ring (bicyclic) bond motifs is 1. The number of hydrogen-bond donors (Lipinski definition) is 1. The van der Waals surface area contributed by atoms with Crippen molar-refractivity contribution in [2.75, 3.05) is 25.0 Å². The quantitative estimate of drug-likeness (QED) is 0.568. The molecule has 186 valence electrons. The first kappa shape index (κ1) is 24.0. The number of benzene rings is 2. The molecule has 6 nitrogen and oxygen atoms in total. The number of halogens is 1. The highest BCUT2D eigenvalue weighted by atomic mass is 19.1. The van der Waals surface area contributed by atoms with Gasteiger partial charge >= 0.3 is 0 Å². The minimum absolute atomic E-state index is 0.0596. The first-order chi connectivity index (χ1) is 17.4. The second-order valence-electron chi connectivity index (χ2n) is 9.75. The normalized spacial score (nSPS) is 17.5. The molecule has 0 unspecified atom stereocenters. The molecule has 1 aliphatic heterocycles. The van der Waals surface area contributed by atoms with Crippen LogP contribution >= 0.6 is 0 Å². The maximum atomic E-state index is 15.2. The van der Waals surface area contributed by atoms with Crippen molar-refractivity contribution in [1.82, 2.24) is 15.2 Å². The van der Waals surface area contributed by atoms with Gasteiger partial charge in [-0.05, 0) is 79.6 Å². The predicted molar refractivity (Wildman–Crippen MR) is 138 cm³/mol. The van der Waals surface area contributed by atoms with E-state index in [0.29, 0.717) is 18.4 Å². The fraction of sp³-hybridized carbons (Fsp3) is 0.345. The summed E-state index contributed by atoms with van der Waals surface area (Å²) in [5.74, 6) is -0.980. The fourth-order valence-corrected chi connectivity index (χ4v) is 5.43. The number of pyridine rings is 1. The molecule has 2 aromatic carbocycles. The molecule has 1 saturated heterocycles. The number of nitrogens with zero attached hydrogens (tertiary/aromatic N) is 3. The topological polar surface area (TPSA) is 65.5 Å². The largest absolute Gasteiger partial charge is 0.371 e. The lowest BCUT2D eigenvalue weighted by molar-refractivity contribution is 0.0704. The lowest BCUT2D eigenvalue weighted by Crippen LogP contribution is -2.45. The molecule has 0 spiro atoms. The van der Waals surface area contributed by atoms with Crippen LogP contribution < -0.4 is 10.2 Å². The zero-order valence-corrected chi connectivity index (χ0v) is 20.7. The van der Waals surface area contributed by atoms with Crippen molar-refractivity contribution >= 4 is 17.5 Å². The standard InChI is InChI=1S/C29H31FN4O2/c1-19-5-3-4-6-23(19)28(35)32-27-8-7-20-17-25(26(30)18-24(20)27)29(36)33(2)21-11-15-34(16-12-21)22-9-13-31-14-10-22/h3-6,9-10,13-14,17-18,21,27H,7-8,11-12,15-16H2,1-2H3,(H,32,35)/t27-/m1/s1. The molecule has 1 aromatic heterocycles. The van der Waals surface area contributed by atoms with Crippen LogP contribution in [0.5, 0.6) is 0 Å². The van der Waals surface area contributed by atoms with Crippen molar-refractivity contribution in [2.45, 2.75) is 44.7 Å². The van der Waals surface area contributed by atoms with E-state index in [0.717, 1.165) is 48.3 Å². The zero-order chi connectivity index (χ0) is 25.2. The molecule has 3 aromatic rings. The molecule has 1 aliphatic carbocycles. The molecular weight excluding hydrogens is 455 g/mol. The predicted octanol–water partition coefficient (Wildman–Crippen LogP) is 4.69. The van der Waals surface area contributed by atoms with E-state index < -0.39 is 5.82 Å². The Morgan fingerprint density at radius 1 is 1.03 bits per heavy atom. The van der Waals surface area contributed by atoms with Crippen LogP contribution in [0.4, 0.5) is 10.1 Å². The van der Waals surface area contributed by atoms with Crippen LogP contribution in [-0.4, -0.2) is 47.9 Å². The monoisotopic (exact) mass is 486 g/mol. The number of anilines is 1. The van der Waals surface area contributed by atoms with Crippen LogP contribution in [0.3, 0.4) is 0 Å². The van der Waals surface area contributed by atoms with Crippen LogP contribution in [0.1, 0.15) is 62.7 Å². The molecule has 1 fully saturated rings. The molecule has 7 heteroatoms. The summed E-state index contributed by atoms with van der Waals surface area (Å²) in [6.45, 7) is 3.57. The highest BCUT2D eigenvalue weighted by molar-refractivity contribution is 5.96. The number of rotatable bonds is 5. The van der Waals surface area contributed by atoms with Gasteiger partial charge in [-0.25, -0.2) is 4.39 Å². The van der Waals surface area contributed by atoms with E-state index in [9.17, 15) is 9.59 Å². The molecule has 1 N–H and O–H groups in total. The summed E-state index contributed by atoms with van der Waals surface area (Å²) in [7, 11) is 1.77. The maximum Gasteiger partial charge on any atom is 0.256 e. The van der Waals surface area contributed by atoms with Crippen LogP contribution in [0.15, 0.2) is 60.9 Å². The Morgan fingerprint density at radius 3 is 2.47 bits per heavy atom. The summed E-state index contributed by atoms with van der Waals surface area (Å²) in [6, 6.07) is 14.3. The van der Waals surface area contributed by atoms with Gasteiger partial charge in [0.15, 0.2) is 0 Å². The van der Waals surface area contributed by atoms with Crippen LogP contribution in [0.25, 0.3) is 0 Å². The average molecular weight is 487 g/mol. The van der Waals surface area contributed by atoms with Crippen molar-refractivity contribution < 1.29 is 14.0 Å². The third-order valence-electron chi connectivity index (χ3n) is 7.59. The van der Waals surface area contributed by atoms with Crippen molar-refractivity contribution in [3.05, 3.63) is 94.6 Å². The van der Waals surface area contributed by atoms with Crippen molar-refractivity contribution in [3.8, 4) is 0 Å². The van der Waals surface area contributed by atoms with E-state index >= 15 is 4.39 Å². The lowest BCUT2D eigenvalue weighted by Gasteiger charge is -2.38. The fourth-order valence-electron chi connectivity index (χ4n) is 5.43. The second-order valence-corrected chi connectivity index (χ2v) is 9.75. The molecule has 5 rings (SSSR count). The summed E-state index contributed by atoms with van der Waals surface area (Å²) in [5.41, 5.74) is 4.45. The van der Waals surface area contributed by atoms with Gasteiger partial charge in [-0.2, -0.15) is 0 Å². The molecule has 0 saturated carbocycles. The van der Waals surface area contributed by atoms with Gasteiger partial charge in [-0.3, -0.25) is 14.6 Å². The Bertz CT molecular complexity index is 1270. The van der Waals surface area contributed by atoms with E-state index in [1.807, 2.05) is 37.3 Å². The van der Waals surface area contributed by atoms with Crippen LogP contribution in [0, 0.1) is 12.7 Å². The first-order valence-corrected chi connectivity index (χ1v) is 12.5. The van der Waals surface area contributed by atoms with E-state index in [-0.39, 0.29) is 29.5 Å². The lowest BCUT2D eigenvalue weighted by atomic mass is 9.99. The summed E-state index contributed by atoms with van der Waals surface area (Å²) >= 11 is 0. The Labute approximate surface area is 211 Å². The van der Waals surface area contributed by atoms with Gasteiger partial charge in [0.05, 0.1) is 11.6 Å². The highest BCUT2D eigenvalue weighted by Gasteiger charge is 2.31. The maximum absolute atomic E-state index is 15.2.